The highest BCUT2D eigenvalue weighted by molar-refractivity contribution is 6.30. The number of nitrogens with zero attached hydrogens (tertiary/aromatic N) is 24. The number of hydrogen-bond donors (Lipinski definition) is 4. The molecule has 4 aliphatic heterocycles. The average molecular weight is 1820 g/mol. The van der Waals surface area contributed by atoms with Gasteiger partial charge in [-0.15, -0.1) is 0 Å². The number of aromatic nitrogens is 16. The maximum Gasteiger partial charge on any atom is 0.337 e. The summed E-state index contributed by atoms with van der Waals surface area (Å²) in [6.45, 7) is 23.6. The zero-order chi connectivity index (χ0) is 92.9. The van der Waals surface area contributed by atoms with Gasteiger partial charge in [0.2, 0.25) is 23.8 Å². The first-order valence-corrected chi connectivity index (χ1v) is 47.3. The van der Waals surface area contributed by atoms with E-state index in [0.29, 0.717) is 114 Å². The number of urea groups is 4. The first-order valence-electron chi connectivity index (χ1n) is 47.0. The van der Waals surface area contributed by atoms with Crippen LogP contribution in [0.5, 0.6) is 0 Å². The molecule has 6 aliphatic carbocycles. The smallest absolute Gasteiger partial charge is 0.337 e. The quantitative estimate of drug-likeness (QED) is 0.0331. The Morgan fingerprint density at radius 1 is 0.429 bits per heavy atom. The van der Waals surface area contributed by atoms with Crippen LogP contribution in [0.3, 0.4) is 0 Å². The van der Waals surface area contributed by atoms with Gasteiger partial charge in [-0.3, -0.25) is 19.6 Å². The van der Waals surface area contributed by atoms with Gasteiger partial charge in [0.05, 0.1) is 107 Å². The molecule has 35 heteroatoms. The molecule has 0 radical (unpaired) electrons. The Bertz CT molecular complexity index is 6040. The minimum absolute atomic E-state index is 0.00208. The van der Waals surface area contributed by atoms with Crippen LogP contribution in [0.15, 0.2) is 172 Å². The Hall–Kier alpha value is -13.1. The van der Waals surface area contributed by atoms with Gasteiger partial charge in [0.15, 0.2) is 0 Å². The van der Waals surface area contributed by atoms with Crippen molar-refractivity contribution in [1.29, 1.82) is 0 Å². The lowest BCUT2D eigenvalue weighted by atomic mass is 10.0. The third kappa shape index (κ3) is 19.2. The van der Waals surface area contributed by atoms with Crippen LogP contribution in [0.25, 0.3) is 17.1 Å². The fraction of sp³-hybridized carbons (Fsp3) is 0.480. The van der Waals surface area contributed by atoms with E-state index in [9.17, 15) is 24.0 Å². The Labute approximate surface area is 781 Å². The molecular weight excluding hydrogens is 1700 g/mol. The SMILES string of the molecule is CC(C)[C@H]1CN(C)C(=O)N1c1ccnc(NC2(c3cn(-c4ccc(C5CC5)cc4)cn3)CC2)n1.CC(C)[C@H]1CN(C)C(=O)N1c1ccnc(NC2(c3cn(CC4CCCC4)cn3)CC2)n1.CCN1C[C@H](C(C)C)N(c2ccnc(NC3(c4cn(-c5cccc(Cl)c5)cn4)CC3)n2)C1=O.COC(=O)c1cccc(-n2cnc(C3(Nc4nccc(N5C(=O)N(C)C[C@@H]5C(C)C)n4)CC3)c2)c1. The number of methoxy groups -OCH3 is 1. The van der Waals surface area contributed by atoms with Crippen molar-refractivity contribution in [3.63, 3.8) is 0 Å². The molecule has 4 saturated heterocycles. The second-order valence-corrected chi connectivity index (χ2v) is 39.2. The summed E-state index contributed by atoms with van der Waals surface area (Å²) in [5.41, 5.74) is 7.55. The van der Waals surface area contributed by atoms with Gasteiger partial charge in [0, 0.05) is 132 Å². The molecule has 8 aromatic heterocycles. The molecule has 133 heavy (non-hydrogen) atoms. The van der Waals surface area contributed by atoms with Crippen molar-refractivity contribution < 1.29 is 28.7 Å². The van der Waals surface area contributed by atoms with E-state index in [1.165, 1.54) is 51.2 Å². The predicted molar refractivity (Wildman–Crippen MR) is 511 cm³/mol. The summed E-state index contributed by atoms with van der Waals surface area (Å²) in [5, 5.41) is 14.7. The number of ether oxygens (including phenoxy) is 1. The molecule has 21 rings (SSSR count). The number of carbonyl (C=O) groups excluding carboxylic acids is 5. The number of esters is 1. The Balaban J connectivity index is 0.000000119. The number of hydrogen-bond acceptors (Lipinski definition) is 22. The summed E-state index contributed by atoms with van der Waals surface area (Å²) in [5.74, 6) is 7.05. The van der Waals surface area contributed by atoms with E-state index in [2.05, 4.69) is 152 Å². The lowest BCUT2D eigenvalue weighted by molar-refractivity contribution is 0.0600. The number of amides is 8. The molecule has 10 fully saturated rings. The third-order valence-electron chi connectivity index (χ3n) is 27.8. The van der Waals surface area contributed by atoms with Gasteiger partial charge < -0.3 is 63.9 Å². The van der Waals surface area contributed by atoms with E-state index < -0.39 is 0 Å². The van der Waals surface area contributed by atoms with Crippen LogP contribution in [0.1, 0.15) is 197 Å². The molecule has 10 aliphatic rings. The van der Waals surface area contributed by atoms with Crippen molar-refractivity contribution in [3.8, 4) is 17.1 Å². The summed E-state index contributed by atoms with van der Waals surface area (Å²) >= 11 is 6.14. The third-order valence-corrected chi connectivity index (χ3v) is 28.0. The lowest BCUT2D eigenvalue weighted by Gasteiger charge is -2.25. The Kier molecular flexibility index (Phi) is 25.2. The van der Waals surface area contributed by atoms with Crippen molar-refractivity contribution in [2.45, 2.75) is 211 Å². The van der Waals surface area contributed by atoms with Gasteiger partial charge in [-0.25, -0.2) is 63.8 Å². The van der Waals surface area contributed by atoms with Gasteiger partial charge in [-0.1, -0.05) is 104 Å². The maximum absolute atomic E-state index is 13.0. The average Bonchev–Trinajstić information content (AvgIpc) is 1.59. The largest absolute Gasteiger partial charge is 0.465 e. The first-order chi connectivity index (χ1) is 64.1. The van der Waals surface area contributed by atoms with E-state index in [0.717, 1.165) is 110 Å². The summed E-state index contributed by atoms with van der Waals surface area (Å²) in [4.78, 5) is 133. The second-order valence-electron chi connectivity index (χ2n) is 38.8. The highest BCUT2D eigenvalue weighted by Crippen LogP contribution is 2.52. The lowest BCUT2D eigenvalue weighted by Crippen LogP contribution is -2.38. The molecule has 6 saturated carbocycles. The zero-order valence-electron chi connectivity index (χ0n) is 78.1. The molecule has 0 bridgehead atoms. The number of likely N-dealkylation sites (N-methyl/N-ethyl adjacent to an activating group) is 4. The van der Waals surface area contributed by atoms with Crippen LogP contribution in [0.2, 0.25) is 5.02 Å². The minimum atomic E-state index is -0.382. The number of rotatable bonds is 28. The number of carbonyl (C=O) groups is 5. The number of nitrogens with one attached hydrogen (secondary N) is 4. The maximum atomic E-state index is 13.0. The molecule has 12 heterocycles. The molecule has 4 N–H and O–H groups in total. The zero-order valence-corrected chi connectivity index (χ0v) is 78.9. The topological polar surface area (TPSA) is 343 Å². The number of anilines is 8. The van der Waals surface area contributed by atoms with Crippen LogP contribution in [0.4, 0.5) is 66.2 Å². The Morgan fingerprint density at radius 2 is 0.789 bits per heavy atom. The van der Waals surface area contributed by atoms with Crippen molar-refractivity contribution in [2.75, 3.05) is 102 Å². The van der Waals surface area contributed by atoms with Gasteiger partial charge in [0.25, 0.3) is 0 Å². The summed E-state index contributed by atoms with van der Waals surface area (Å²) < 4.78 is 13.0. The van der Waals surface area contributed by atoms with E-state index in [4.69, 9.17) is 46.2 Å². The molecule has 11 aromatic rings. The fourth-order valence-corrected chi connectivity index (χ4v) is 19.1. The summed E-state index contributed by atoms with van der Waals surface area (Å²) in [6.07, 6.45) is 38.1. The number of halogens is 1. The molecule has 34 nitrogen and oxygen atoms in total. The van der Waals surface area contributed by atoms with Gasteiger partial charge in [-0.05, 0) is 198 Å². The van der Waals surface area contributed by atoms with Crippen LogP contribution >= 0.6 is 11.6 Å². The summed E-state index contributed by atoms with van der Waals surface area (Å²) in [7, 11) is 6.87. The van der Waals surface area contributed by atoms with Crippen molar-refractivity contribution in [1.82, 2.24) is 97.7 Å². The molecule has 4 atom stereocenters. The van der Waals surface area contributed by atoms with E-state index in [1.54, 1.807) is 80.1 Å². The monoisotopic (exact) mass is 1820 g/mol. The Morgan fingerprint density at radius 3 is 1.16 bits per heavy atom. The van der Waals surface area contributed by atoms with Crippen molar-refractivity contribution in [2.24, 2.45) is 29.6 Å². The van der Waals surface area contributed by atoms with E-state index in [-0.39, 0.29) is 76.4 Å². The minimum Gasteiger partial charge on any atom is -0.465 e. The fourth-order valence-electron chi connectivity index (χ4n) is 18.9. The van der Waals surface area contributed by atoms with Crippen molar-refractivity contribution >= 4 is 88.8 Å². The molecule has 0 unspecified atom stereocenters. The molecule has 8 amide bonds. The molecule has 696 valence electrons. The van der Waals surface area contributed by atoms with Gasteiger partial charge >= 0.3 is 30.1 Å². The van der Waals surface area contributed by atoms with Gasteiger partial charge in [0.1, 0.15) is 23.3 Å². The first kappa shape index (κ1) is 90.4. The van der Waals surface area contributed by atoms with Crippen LogP contribution in [0, 0.1) is 29.6 Å². The van der Waals surface area contributed by atoms with Crippen LogP contribution in [-0.2, 0) is 33.4 Å². The molecule has 3 aromatic carbocycles. The van der Waals surface area contributed by atoms with E-state index >= 15 is 0 Å². The summed E-state index contributed by atoms with van der Waals surface area (Å²) in [6, 6.07) is 31.2. The molecular formula is C98H121ClN28O6. The van der Waals surface area contributed by atoms with Gasteiger partial charge in [-0.2, -0.15) is 19.9 Å². The highest BCUT2D eigenvalue weighted by Gasteiger charge is 2.52. The van der Waals surface area contributed by atoms with Crippen LogP contribution < -0.4 is 40.9 Å². The van der Waals surface area contributed by atoms with E-state index in [1.807, 2.05) is 132 Å². The second kappa shape index (κ2) is 37.1. The van der Waals surface area contributed by atoms with Crippen LogP contribution in [-0.4, -0.2) is 213 Å². The number of imidazole rings is 4. The highest BCUT2D eigenvalue weighted by atomic mass is 35.5. The number of benzene rings is 3. The normalized spacial score (nSPS) is 20.6. The molecule has 0 spiro atoms. The standard InChI is InChI=1S/C26H31N7O.C25H29N7O3.C24H28ClN7O.C23H33N7O/c1-17(2)21-14-31(3)25(34)33(21)23-10-13-27-24(29-23)30-26(11-12-26)22-15-32(16-28-22)20-8-6-19(7-9-20)18-4-5-18;1-16(2)19-13-30(3)24(34)32(19)21-8-11-26-23(28-21)29-25(9-10-25)20-14-31(15-27-20)18-7-5-6-17(12-18)22(33)35-4;1-4-30-13-19(16(2)3)32(23(30)33)21-8-11-26-22(28-21)29-24(9-10-24)20-14-31(15-27-20)18-7-5-6-17(25)12-18;1-16(2)18-13-28(3)22(31)30(18)20-8-11-24-21(26-20)27-23(9-10-23)19-14-29(15-25-19)12-17-6-4-5-7-17/h6-10,13,15-18,21H,4-5,11-12,14H2,1-3H3,(H,27,29,30);5-8,11-12,14-16,19H,9-10,13H2,1-4H3,(H,26,28,29);5-8,11-12,14-16,19H,4,9-10,13H2,1-3H3,(H,26,28,29);8,11,14-18H,4-7,9-10,12-13H2,1-3H3,(H,24,26,27)/t21-;2*19-;18-/m1111/s1. The van der Waals surface area contributed by atoms with Crippen molar-refractivity contribution in [3.05, 3.63) is 211 Å². The predicted octanol–water partition coefficient (Wildman–Crippen LogP) is 16.5.